The van der Waals surface area contributed by atoms with E-state index in [9.17, 15) is 4.79 Å². The van der Waals surface area contributed by atoms with Gasteiger partial charge in [-0.1, -0.05) is 30.7 Å². The van der Waals surface area contributed by atoms with Crippen LogP contribution in [0.5, 0.6) is 0 Å². The first kappa shape index (κ1) is 16.9. The maximum absolute atomic E-state index is 12.0. The molecule has 0 aliphatic carbocycles. The molecule has 0 aromatic heterocycles. The number of benzene rings is 2. The van der Waals surface area contributed by atoms with Gasteiger partial charge in [-0.05, 0) is 42.3 Å². The Morgan fingerprint density at radius 1 is 1.26 bits per heavy atom. The standard InChI is InChI=1S/C18H18ClN3O/c1-2-8-21-18(23)14-5-3-4-13(9-14)12-22-16-7-6-15(11-20)17(19)10-16/h3-7,9-10,22H,2,8,12H2,1H3,(H,21,23). The predicted molar refractivity (Wildman–Crippen MR) is 92.6 cm³/mol. The first-order valence-electron chi connectivity index (χ1n) is 7.44. The molecule has 0 atom stereocenters. The maximum Gasteiger partial charge on any atom is 0.251 e. The molecule has 2 aromatic rings. The van der Waals surface area contributed by atoms with Gasteiger partial charge in [0.25, 0.3) is 5.91 Å². The van der Waals surface area contributed by atoms with Gasteiger partial charge in [0.1, 0.15) is 6.07 Å². The Kier molecular flexibility index (Phi) is 6.02. The van der Waals surface area contributed by atoms with Crippen molar-refractivity contribution in [2.24, 2.45) is 0 Å². The second kappa shape index (κ2) is 8.21. The van der Waals surface area contributed by atoms with Crippen molar-refractivity contribution in [3.8, 4) is 6.07 Å². The SMILES string of the molecule is CCCNC(=O)c1cccc(CNc2ccc(C#N)c(Cl)c2)c1. The van der Waals surface area contributed by atoms with Crippen LogP contribution >= 0.6 is 11.6 Å². The second-order valence-electron chi connectivity index (χ2n) is 5.12. The third-order valence-corrected chi connectivity index (χ3v) is 3.62. The van der Waals surface area contributed by atoms with E-state index >= 15 is 0 Å². The van der Waals surface area contributed by atoms with Crippen molar-refractivity contribution in [3.63, 3.8) is 0 Å². The zero-order chi connectivity index (χ0) is 16.7. The molecule has 0 radical (unpaired) electrons. The minimum Gasteiger partial charge on any atom is -0.381 e. The highest BCUT2D eigenvalue weighted by Gasteiger charge is 2.06. The summed E-state index contributed by atoms with van der Waals surface area (Å²) in [6.45, 7) is 3.26. The lowest BCUT2D eigenvalue weighted by Gasteiger charge is -2.09. The van der Waals surface area contributed by atoms with E-state index < -0.39 is 0 Å². The molecule has 2 aromatic carbocycles. The first-order chi connectivity index (χ1) is 11.1. The van der Waals surface area contributed by atoms with Crippen molar-refractivity contribution in [2.75, 3.05) is 11.9 Å². The Morgan fingerprint density at radius 2 is 2.09 bits per heavy atom. The Hall–Kier alpha value is -2.51. The molecule has 23 heavy (non-hydrogen) atoms. The maximum atomic E-state index is 12.0. The number of nitriles is 1. The largest absolute Gasteiger partial charge is 0.381 e. The number of carbonyl (C=O) groups is 1. The molecular weight excluding hydrogens is 310 g/mol. The molecule has 0 saturated carbocycles. The summed E-state index contributed by atoms with van der Waals surface area (Å²) in [5, 5.41) is 15.4. The molecule has 2 N–H and O–H groups in total. The summed E-state index contributed by atoms with van der Waals surface area (Å²) in [7, 11) is 0. The highest BCUT2D eigenvalue weighted by molar-refractivity contribution is 6.32. The third kappa shape index (κ3) is 4.73. The fraction of sp³-hybridized carbons (Fsp3) is 0.222. The van der Waals surface area contributed by atoms with E-state index in [4.69, 9.17) is 16.9 Å². The molecule has 0 heterocycles. The van der Waals surface area contributed by atoms with Crippen molar-refractivity contribution in [1.29, 1.82) is 5.26 Å². The van der Waals surface area contributed by atoms with Gasteiger partial charge in [-0.25, -0.2) is 0 Å². The van der Waals surface area contributed by atoms with Crippen LogP contribution in [0.1, 0.15) is 34.8 Å². The smallest absolute Gasteiger partial charge is 0.251 e. The van der Waals surface area contributed by atoms with Crippen LogP contribution in [0.4, 0.5) is 5.69 Å². The monoisotopic (exact) mass is 327 g/mol. The van der Waals surface area contributed by atoms with Crippen molar-refractivity contribution >= 4 is 23.2 Å². The number of carbonyl (C=O) groups excluding carboxylic acids is 1. The van der Waals surface area contributed by atoms with Crippen molar-refractivity contribution in [1.82, 2.24) is 5.32 Å². The van der Waals surface area contributed by atoms with Gasteiger partial charge in [-0.3, -0.25) is 4.79 Å². The van der Waals surface area contributed by atoms with Crippen molar-refractivity contribution < 1.29 is 4.79 Å². The molecule has 0 aliphatic heterocycles. The van der Waals surface area contributed by atoms with E-state index in [2.05, 4.69) is 10.6 Å². The predicted octanol–water partition coefficient (Wildman–Crippen LogP) is 3.96. The van der Waals surface area contributed by atoms with Crippen LogP contribution < -0.4 is 10.6 Å². The van der Waals surface area contributed by atoms with Crippen LogP contribution in [0.3, 0.4) is 0 Å². The number of amides is 1. The summed E-state index contributed by atoms with van der Waals surface area (Å²) < 4.78 is 0. The fourth-order valence-corrected chi connectivity index (χ4v) is 2.31. The topological polar surface area (TPSA) is 64.9 Å². The van der Waals surface area contributed by atoms with Crippen molar-refractivity contribution in [2.45, 2.75) is 19.9 Å². The van der Waals surface area contributed by atoms with Gasteiger partial charge >= 0.3 is 0 Å². The zero-order valence-electron chi connectivity index (χ0n) is 12.9. The van der Waals surface area contributed by atoms with E-state index in [0.717, 1.165) is 17.7 Å². The van der Waals surface area contributed by atoms with Gasteiger partial charge in [-0.2, -0.15) is 5.26 Å². The number of nitrogens with zero attached hydrogens (tertiary/aromatic N) is 1. The van der Waals surface area contributed by atoms with Crippen molar-refractivity contribution in [3.05, 3.63) is 64.2 Å². The lowest BCUT2D eigenvalue weighted by Crippen LogP contribution is -2.24. The quantitative estimate of drug-likeness (QED) is 0.844. The Balaban J connectivity index is 2.02. The lowest BCUT2D eigenvalue weighted by atomic mass is 10.1. The highest BCUT2D eigenvalue weighted by Crippen LogP contribution is 2.20. The normalized spacial score (nSPS) is 9.96. The van der Waals surface area contributed by atoms with Crippen LogP contribution in [0.25, 0.3) is 0 Å². The van der Waals surface area contributed by atoms with Gasteiger partial charge in [0.05, 0.1) is 10.6 Å². The van der Waals surface area contributed by atoms with Gasteiger partial charge < -0.3 is 10.6 Å². The van der Waals surface area contributed by atoms with Crippen LogP contribution in [-0.2, 0) is 6.54 Å². The Bertz CT molecular complexity index is 737. The van der Waals surface area contributed by atoms with Gasteiger partial charge in [-0.15, -0.1) is 0 Å². The van der Waals surface area contributed by atoms with Crippen LogP contribution in [0.2, 0.25) is 5.02 Å². The summed E-state index contributed by atoms with van der Waals surface area (Å²) >= 11 is 6.01. The first-order valence-corrected chi connectivity index (χ1v) is 7.82. The Labute approximate surface area is 141 Å². The molecule has 118 valence electrons. The number of rotatable bonds is 6. The van der Waals surface area contributed by atoms with Crippen LogP contribution in [-0.4, -0.2) is 12.5 Å². The summed E-state index contributed by atoms with van der Waals surface area (Å²) in [6, 6.07) is 14.7. The molecule has 0 aliphatic rings. The molecule has 2 rings (SSSR count). The van der Waals surface area contributed by atoms with Gasteiger partial charge in [0, 0.05) is 24.3 Å². The average molecular weight is 328 g/mol. The second-order valence-corrected chi connectivity index (χ2v) is 5.52. The number of nitrogens with one attached hydrogen (secondary N) is 2. The molecule has 0 bridgehead atoms. The Morgan fingerprint density at radius 3 is 2.78 bits per heavy atom. The van der Waals surface area contributed by atoms with Crippen LogP contribution in [0.15, 0.2) is 42.5 Å². The molecular formula is C18H18ClN3O. The van der Waals surface area contributed by atoms with E-state index in [1.54, 1.807) is 18.2 Å². The summed E-state index contributed by atoms with van der Waals surface area (Å²) in [6.07, 6.45) is 0.909. The zero-order valence-corrected chi connectivity index (χ0v) is 13.7. The molecule has 0 spiro atoms. The molecule has 4 nitrogen and oxygen atoms in total. The minimum absolute atomic E-state index is 0.0601. The summed E-state index contributed by atoms with van der Waals surface area (Å²) in [4.78, 5) is 12.0. The molecule has 0 saturated heterocycles. The number of hydrogen-bond donors (Lipinski definition) is 2. The van der Waals surface area contributed by atoms with E-state index in [0.29, 0.717) is 29.2 Å². The van der Waals surface area contributed by atoms with E-state index in [1.807, 2.05) is 37.3 Å². The summed E-state index contributed by atoms with van der Waals surface area (Å²) in [5.74, 6) is -0.0601. The average Bonchev–Trinajstić information content (AvgIpc) is 2.58. The third-order valence-electron chi connectivity index (χ3n) is 3.31. The summed E-state index contributed by atoms with van der Waals surface area (Å²) in [5.41, 5.74) is 2.92. The number of halogens is 1. The lowest BCUT2D eigenvalue weighted by molar-refractivity contribution is 0.0953. The highest BCUT2D eigenvalue weighted by atomic mass is 35.5. The van der Waals surface area contributed by atoms with E-state index in [1.165, 1.54) is 0 Å². The molecule has 5 heteroatoms. The minimum atomic E-state index is -0.0601. The van der Waals surface area contributed by atoms with Gasteiger partial charge in [0.2, 0.25) is 0 Å². The number of hydrogen-bond acceptors (Lipinski definition) is 3. The molecule has 1 amide bonds. The fourth-order valence-electron chi connectivity index (χ4n) is 2.08. The molecule has 0 fully saturated rings. The van der Waals surface area contributed by atoms with E-state index in [-0.39, 0.29) is 5.91 Å². The van der Waals surface area contributed by atoms with Crippen LogP contribution in [0, 0.1) is 11.3 Å². The molecule has 0 unspecified atom stereocenters. The van der Waals surface area contributed by atoms with Gasteiger partial charge in [0.15, 0.2) is 0 Å². The number of anilines is 1.